The van der Waals surface area contributed by atoms with Crippen LogP contribution >= 0.6 is 23.1 Å². The molecule has 40 heavy (non-hydrogen) atoms. The van der Waals surface area contributed by atoms with Crippen LogP contribution in [-0.2, 0) is 4.57 Å². The summed E-state index contributed by atoms with van der Waals surface area (Å²) in [6, 6.07) is 8.55. The summed E-state index contributed by atoms with van der Waals surface area (Å²) in [7, 11) is -2.66. The largest absolute Gasteiger partial charge is 0.489 e. The molecular formula is C29H35BrN7O2P. The van der Waals surface area contributed by atoms with Crippen LogP contribution in [0.5, 0.6) is 5.75 Å². The Balaban J connectivity index is 1.22. The van der Waals surface area contributed by atoms with Gasteiger partial charge in [-0.15, -0.1) is 0 Å². The maximum Gasteiger partial charge on any atom is 0.229 e. The molecule has 1 fully saturated rings. The number of hydrogen-bond acceptors (Lipinski definition) is 8. The van der Waals surface area contributed by atoms with Crippen molar-refractivity contribution < 1.29 is 9.30 Å². The van der Waals surface area contributed by atoms with Gasteiger partial charge in [-0.25, -0.2) is 9.97 Å². The predicted octanol–water partition coefficient (Wildman–Crippen LogP) is 6.65. The summed E-state index contributed by atoms with van der Waals surface area (Å²) < 4.78 is 22.0. The first-order valence-corrected chi connectivity index (χ1v) is 17.2. The fourth-order valence-corrected chi connectivity index (χ4v) is 7.57. The van der Waals surface area contributed by atoms with E-state index in [1.165, 1.54) is 19.3 Å². The minimum atomic E-state index is -2.66. The van der Waals surface area contributed by atoms with E-state index >= 15 is 0 Å². The lowest BCUT2D eigenvalue weighted by Gasteiger charge is -2.45. The number of anilines is 5. The van der Waals surface area contributed by atoms with Crippen LogP contribution in [0.2, 0.25) is 0 Å². The Morgan fingerprint density at radius 3 is 2.85 bits per heavy atom. The molecule has 0 amide bonds. The van der Waals surface area contributed by atoms with Gasteiger partial charge in [0.25, 0.3) is 0 Å². The first-order valence-electron chi connectivity index (χ1n) is 13.8. The van der Waals surface area contributed by atoms with E-state index in [4.69, 9.17) is 9.72 Å². The Labute approximate surface area is 243 Å². The highest BCUT2D eigenvalue weighted by atomic mass is 79.9. The number of nitrogens with one attached hydrogen (secondary N) is 2. The van der Waals surface area contributed by atoms with E-state index in [0.29, 0.717) is 45.5 Å². The maximum absolute atomic E-state index is 13.2. The molecule has 2 N–H and O–H groups in total. The van der Waals surface area contributed by atoms with Crippen molar-refractivity contribution in [3.05, 3.63) is 53.5 Å². The normalized spacial score (nSPS) is 19.5. The molecule has 0 saturated carbocycles. The minimum Gasteiger partial charge on any atom is -0.489 e. The lowest BCUT2D eigenvalue weighted by atomic mass is 9.80. The molecule has 0 aliphatic carbocycles. The quantitative estimate of drug-likeness (QED) is 0.221. The number of hydrogen-bond donors (Lipinski definition) is 2. The van der Waals surface area contributed by atoms with Crippen LogP contribution in [-0.4, -0.2) is 51.9 Å². The van der Waals surface area contributed by atoms with E-state index in [1.807, 2.05) is 28.9 Å². The molecular weight excluding hydrogens is 589 g/mol. The van der Waals surface area contributed by atoms with E-state index in [9.17, 15) is 4.57 Å². The van der Waals surface area contributed by atoms with E-state index < -0.39 is 7.14 Å². The number of fused-ring (bicyclic) bond motifs is 4. The molecule has 9 nitrogen and oxygen atoms in total. The van der Waals surface area contributed by atoms with Crippen LogP contribution in [0.3, 0.4) is 0 Å². The van der Waals surface area contributed by atoms with Crippen LogP contribution in [0.25, 0.3) is 5.65 Å². The average Bonchev–Trinajstić information content (AvgIpc) is 3.41. The molecule has 1 aromatic carbocycles. The summed E-state index contributed by atoms with van der Waals surface area (Å²) in [5.74, 6) is 3.42. The second-order valence-electron chi connectivity index (χ2n) is 11.2. The maximum atomic E-state index is 13.2. The number of ether oxygens (including phenoxy) is 1. The van der Waals surface area contributed by atoms with Gasteiger partial charge in [-0.1, -0.05) is 20.3 Å². The Morgan fingerprint density at radius 2 is 2.05 bits per heavy atom. The first kappa shape index (κ1) is 27.1. The number of pyridine rings is 1. The highest BCUT2D eigenvalue weighted by Crippen LogP contribution is 2.43. The molecule has 2 aliphatic heterocycles. The van der Waals surface area contributed by atoms with Gasteiger partial charge < -0.3 is 29.2 Å². The third-order valence-electron chi connectivity index (χ3n) is 8.23. The van der Waals surface area contributed by atoms with Gasteiger partial charge in [0.1, 0.15) is 31.0 Å². The van der Waals surface area contributed by atoms with Crippen LogP contribution < -0.4 is 25.6 Å². The van der Waals surface area contributed by atoms with Crippen molar-refractivity contribution in [3.8, 4) is 5.75 Å². The first-order chi connectivity index (χ1) is 19.2. The molecule has 3 atom stereocenters. The molecule has 3 unspecified atom stereocenters. The lowest BCUT2D eigenvalue weighted by molar-refractivity contribution is 0.184. The number of piperidine rings is 1. The summed E-state index contributed by atoms with van der Waals surface area (Å²) in [5.41, 5.74) is 3.38. The predicted molar refractivity (Wildman–Crippen MR) is 166 cm³/mol. The molecule has 0 radical (unpaired) electrons. The van der Waals surface area contributed by atoms with Gasteiger partial charge in [0.15, 0.2) is 0 Å². The Morgan fingerprint density at radius 1 is 1.20 bits per heavy atom. The zero-order valence-electron chi connectivity index (χ0n) is 23.3. The Bertz CT molecular complexity index is 1600. The van der Waals surface area contributed by atoms with Gasteiger partial charge >= 0.3 is 0 Å². The number of aromatic nitrogens is 4. The van der Waals surface area contributed by atoms with E-state index in [-0.39, 0.29) is 0 Å². The molecule has 5 heterocycles. The third-order valence-corrected chi connectivity index (χ3v) is 10.3. The van der Waals surface area contributed by atoms with Crippen molar-refractivity contribution in [3.63, 3.8) is 0 Å². The molecule has 11 heteroatoms. The van der Waals surface area contributed by atoms with Gasteiger partial charge in [-0.3, -0.25) is 0 Å². The summed E-state index contributed by atoms with van der Waals surface area (Å²) in [6.45, 7) is 9.95. The van der Waals surface area contributed by atoms with Gasteiger partial charge in [0, 0.05) is 43.1 Å². The standard InChI is InChI=1S/C29H35BrN7O2P/c1-5-18(2)19-8-12-37-21(14-19)17-39-25-15-20(6-7-24(25)37)33-29-32-16-22(30)27(35-29)34-23-9-11-36-13-10-31-28(36)26(23)40(3,4)38/h6-7,9-11,13,15-16,18-19,21H,5,8,12,14,17H2,1-4H3,(H2,32,33,34,35). The van der Waals surface area contributed by atoms with Crippen molar-refractivity contribution in [2.75, 3.05) is 42.0 Å². The topological polar surface area (TPSA) is 96.7 Å². The summed E-state index contributed by atoms with van der Waals surface area (Å²) in [5, 5.41) is 7.36. The average molecular weight is 625 g/mol. The summed E-state index contributed by atoms with van der Waals surface area (Å²) in [4.78, 5) is 16.1. The minimum absolute atomic E-state index is 0.438. The SMILES string of the molecule is CCC(C)C1CCN2c3ccc(Nc4ncc(Br)c(Nc5ccn6ccnc6c5P(C)(C)=O)n4)cc3OCC2C1. The number of halogens is 1. The highest BCUT2D eigenvalue weighted by molar-refractivity contribution is 9.10. The molecule has 4 aromatic rings. The zero-order chi connectivity index (χ0) is 28.0. The molecule has 3 aromatic heterocycles. The van der Waals surface area contributed by atoms with Crippen molar-refractivity contribution >= 4 is 62.9 Å². The van der Waals surface area contributed by atoms with Crippen molar-refractivity contribution in [2.45, 2.75) is 39.2 Å². The smallest absolute Gasteiger partial charge is 0.229 e. The van der Waals surface area contributed by atoms with E-state index in [2.05, 4.69) is 67.4 Å². The van der Waals surface area contributed by atoms with E-state index in [1.54, 1.807) is 25.7 Å². The van der Waals surface area contributed by atoms with Crippen LogP contribution in [0, 0.1) is 11.8 Å². The van der Waals surface area contributed by atoms with Crippen molar-refractivity contribution in [2.24, 2.45) is 11.8 Å². The third kappa shape index (κ3) is 5.19. The second-order valence-corrected chi connectivity index (χ2v) is 15.2. The van der Waals surface area contributed by atoms with Gasteiger partial charge in [0.2, 0.25) is 5.95 Å². The molecule has 2 aliphatic rings. The molecule has 0 bridgehead atoms. The monoisotopic (exact) mass is 623 g/mol. The van der Waals surface area contributed by atoms with Gasteiger partial charge in [-0.05, 0) is 72.1 Å². The van der Waals surface area contributed by atoms with Crippen LogP contribution in [0.15, 0.2) is 53.5 Å². The Hall–Kier alpha value is -3.10. The molecule has 0 spiro atoms. The van der Waals surface area contributed by atoms with Crippen molar-refractivity contribution in [1.82, 2.24) is 19.4 Å². The summed E-state index contributed by atoms with van der Waals surface area (Å²) in [6.07, 6.45) is 10.8. The summed E-state index contributed by atoms with van der Waals surface area (Å²) >= 11 is 3.56. The number of imidazole rings is 1. The highest BCUT2D eigenvalue weighted by Gasteiger charge is 2.35. The Kier molecular flexibility index (Phi) is 7.25. The molecule has 6 rings (SSSR count). The molecule has 210 valence electrons. The van der Waals surface area contributed by atoms with Crippen LogP contribution in [0.1, 0.15) is 33.1 Å². The second kappa shape index (κ2) is 10.7. The van der Waals surface area contributed by atoms with Gasteiger partial charge in [-0.2, -0.15) is 4.98 Å². The number of benzene rings is 1. The molecule has 1 saturated heterocycles. The van der Waals surface area contributed by atoms with Crippen molar-refractivity contribution in [1.29, 1.82) is 0 Å². The fraction of sp³-hybridized carbons (Fsp3) is 0.414. The fourth-order valence-electron chi connectivity index (χ4n) is 5.91. The lowest BCUT2D eigenvalue weighted by Crippen LogP contribution is -2.49. The van der Waals surface area contributed by atoms with E-state index in [0.717, 1.165) is 35.5 Å². The van der Waals surface area contributed by atoms with Gasteiger partial charge in [0.05, 0.1) is 27.2 Å². The zero-order valence-corrected chi connectivity index (χ0v) is 25.7. The number of nitrogens with zero attached hydrogens (tertiary/aromatic N) is 5. The van der Waals surface area contributed by atoms with Crippen LogP contribution in [0.4, 0.5) is 28.8 Å². The number of rotatable bonds is 7.